The minimum atomic E-state index is -3.22. The zero-order valence-electron chi connectivity index (χ0n) is 8.98. The first-order valence-corrected chi connectivity index (χ1v) is 7.02. The molecule has 1 aliphatic rings. The van der Waals surface area contributed by atoms with E-state index in [-0.39, 0.29) is 23.5 Å². The molecule has 1 aliphatic heterocycles. The van der Waals surface area contributed by atoms with Gasteiger partial charge in [0.25, 0.3) is 0 Å². The van der Waals surface area contributed by atoms with E-state index < -0.39 is 9.84 Å². The van der Waals surface area contributed by atoms with Gasteiger partial charge < -0.3 is 10.6 Å². The summed E-state index contributed by atoms with van der Waals surface area (Å²) in [5.41, 5.74) is 5.51. The van der Waals surface area contributed by atoms with E-state index >= 15 is 0 Å². The van der Waals surface area contributed by atoms with Crippen molar-refractivity contribution in [2.24, 2.45) is 5.73 Å². The van der Waals surface area contributed by atoms with Gasteiger partial charge in [0.1, 0.15) is 5.75 Å². The molecular weight excluding hydrogens is 216 g/mol. The van der Waals surface area contributed by atoms with E-state index in [0.29, 0.717) is 13.1 Å². The number of carbonyl (C=O) groups is 1. The first-order valence-electron chi connectivity index (χ1n) is 5.20. The van der Waals surface area contributed by atoms with Crippen LogP contribution in [0.15, 0.2) is 0 Å². The van der Waals surface area contributed by atoms with Gasteiger partial charge >= 0.3 is 0 Å². The first-order chi connectivity index (χ1) is 7.00. The summed E-state index contributed by atoms with van der Waals surface area (Å²) < 4.78 is 22.6. The van der Waals surface area contributed by atoms with Crippen molar-refractivity contribution in [3.63, 3.8) is 0 Å². The molecule has 0 aliphatic carbocycles. The third-order valence-corrected chi connectivity index (χ3v) is 4.32. The topological polar surface area (TPSA) is 80.5 Å². The van der Waals surface area contributed by atoms with E-state index in [9.17, 15) is 13.2 Å². The van der Waals surface area contributed by atoms with Crippen LogP contribution in [0.1, 0.15) is 19.8 Å². The lowest BCUT2D eigenvalue weighted by Gasteiger charge is -2.23. The molecule has 15 heavy (non-hydrogen) atoms. The Balaban J connectivity index is 2.61. The summed E-state index contributed by atoms with van der Waals surface area (Å²) >= 11 is 0. The summed E-state index contributed by atoms with van der Waals surface area (Å²) in [7, 11) is -3.22. The van der Waals surface area contributed by atoms with Crippen LogP contribution < -0.4 is 5.73 Å². The van der Waals surface area contributed by atoms with Crippen molar-refractivity contribution in [3.05, 3.63) is 0 Å². The van der Waals surface area contributed by atoms with Gasteiger partial charge in [0.05, 0.1) is 0 Å². The Hall–Kier alpha value is -0.620. The fourth-order valence-electron chi connectivity index (χ4n) is 1.78. The maximum absolute atomic E-state index is 11.7. The van der Waals surface area contributed by atoms with Gasteiger partial charge in [-0.15, -0.1) is 0 Å². The molecule has 1 saturated heterocycles. The number of amides is 1. The lowest BCUT2D eigenvalue weighted by molar-refractivity contribution is -0.129. The first kappa shape index (κ1) is 12.4. The predicted molar refractivity (Wildman–Crippen MR) is 58.1 cm³/mol. The van der Waals surface area contributed by atoms with Gasteiger partial charge in [-0.25, -0.2) is 8.42 Å². The second-order valence-corrected chi connectivity index (χ2v) is 6.15. The molecular formula is C9H18N2O3S. The zero-order valence-corrected chi connectivity index (χ0v) is 9.79. The van der Waals surface area contributed by atoms with Crippen molar-refractivity contribution in [3.8, 4) is 0 Å². The minimum Gasteiger partial charge on any atom is -0.338 e. The lowest BCUT2D eigenvalue weighted by atomic mass is 10.2. The number of sulfone groups is 1. The van der Waals surface area contributed by atoms with E-state index in [0.717, 1.165) is 12.8 Å². The molecule has 1 rings (SSSR count). The number of hydrogen-bond acceptors (Lipinski definition) is 4. The summed E-state index contributed by atoms with van der Waals surface area (Å²) in [4.78, 5) is 13.3. The summed E-state index contributed by atoms with van der Waals surface area (Å²) in [6, 6.07) is 0.0320. The molecule has 1 amide bonds. The largest absolute Gasteiger partial charge is 0.338 e. The SMILES string of the molecule is CCS(=O)(=O)CC(=O)N1CCCC1CN. The molecule has 1 unspecified atom stereocenters. The highest BCUT2D eigenvalue weighted by molar-refractivity contribution is 7.92. The maximum atomic E-state index is 11.7. The Bertz CT molecular complexity index is 326. The highest BCUT2D eigenvalue weighted by atomic mass is 32.2. The smallest absolute Gasteiger partial charge is 0.238 e. The van der Waals surface area contributed by atoms with Crippen molar-refractivity contribution in [2.45, 2.75) is 25.8 Å². The minimum absolute atomic E-state index is 0.0138. The van der Waals surface area contributed by atoms with Crippen molar-refractivity contribution in [1.82, 2.24) is 4.90 Å². The Labute approximate surface area is 90.5 Å². The molecule has 88 valence electrons. The van der Waals surface area contributed by atoms with Crippen LogP contribution in [-0.4, -0.2) is 49.9 Å². The Morgan fingerprint density at radius 3 is 2.73 bits per heavy atom. The molecule has 0 saturated carbocycles. The van der Waals surface area contributed by atoms with Crippen LogP contribution in [0.4, 0.5) is 0 Å². The Morgan fingerprint density at radius 1 is 1.53 bits per heavy atom. The van der Waals surface area contributed by atoms with Crippen LogP contribution in [0.2, 0.25) is 0 Å². The molecule has 0 aromatic carbocycles. The van der Waals surface area contributed by atoms with Gasteiger partial charge in [0.2, 0.25) is 5.91 Å². The molecule has 5 nitrogen and oxygen atoms in total. The third kappa shape index (κ3) is 3.17. The van der Waals surface area contributed by atoms with Crippen LogP contribution in [0, 0.1) is 0 Å². The molecule has 1 fully saturated rings. The van der Waals surface area contributed by atoms with Gasteiger partial charge in [-0.2, -0.15) is 0 Å². The van der Waals surface area contributed by atoms with Crippen molar-refractivity contribution in [1.29, 1.82) is 0 Å². The van der Waals surface area contributed by atoms with Gasteiger partial charge in [0.15, 0.2) is 9.84 Å². The standard InChI is InChI=1S/C9H18N2O3S/c1-2-15(13,14)7-9(12)11-5-3-4-8(11)6-10/h8H,2-7,10H2,1H3. The normalized spacial score (nSPS) is 22.0. The van der Waals surface area contributed by atoms with Crippen molar-refractivity contribution < 1.29 is 13.2 Å². The van der Waals surface area contributed by atoms with Crippen LogP contribution in [0.25, 0.3) is 0 Å². The van der Waals surface area contributed by atoms with Crippen LogP contribution in [0.3, 0.4) is 0 Å². The molecule has 1 atom stereocenters. The number of rotatable bonds is 4. The van der Waals surface area contributed by atoms with Crippen LogP contribution >= 0.6 is 0 Å². The van der Waals surface area contributed by atoms with Gasteiger partial charge in [-0.05, 0) is 12.8 Å². The fraction of sp³-hybridized carbons (Fsp3) is 0.889. The second-order valence-electron chi connectivity index (χ2n) is 3.80. The summed E-state index contributed by atoms with van der Waals surface area (Å²) in [6.45, 7) is 2.60. The quantitative estimate of drug-likeness (QED) is 0.702. The van der Waals surface area contributed by atoms with E-state index in [4.69, 9.17) is 5.73 Å². The van der Waals surface area contributed by atoms with Gasteiger partial charge in [-0.1, -0.05) is 6.92 Å². The monoisotopic (exact) mass is 234 g/mol. The predicted octanol–water partition coefficient (Wildman–Crippen LogP) is -0.629. The molecule has 0 aromatic rings. The average molecular weight is 234 g/mol. The van der Waals surface area contributed by atoms with E-state index in [1.165, 1.54) is 0 Å². The molecule has 0 radical (unpaired) electrons. The van der Waals surface area contributed by atoms with E-state index in [1.54, 1.807) is 11.8 Å². The van der Waals surface area contributed by atoms with Crippen molar-refractivity contribution >= 4 is 15.7 Å². The number of nitrogens with two attached hydrogens (primary N) is 1. The number of nitrogens with zero attached hydrogens (tertiary/aromatic N) is 1. The van der Waals surface area contributed by atoms with Gasteiger partial charge in [0, 0.05) is 24.9 Å². The average Bonchev–Trinajstić information content (AvgIpc) is 2.64. The summed E-state index contributed by atoms with van der Waals surface area (Å²) in [5.74, 6) is -0.662. The maximum Gasteiger partial charge on any atom is 0.238 e. The molecule has 1 heterocycles. The van der Waals surface area contributed by atoms with Crippen LogP contribution in [0.5, 0.6) is 0 Å². The molecule has 0 bridgehead atoms. The fourth-order valence-corrected chi connectivity index (χ4v) is 2.53. The molecule has 6 heteroatoms. The molecule has 2 N–H and O–H groups in total. The number of carbonyl (C=O) groups excluding carboxylic acids is 1. The number of hydrogen-bond donors (Lipinski definition) is 1. The van der Waals surface area contributed by atoms with Crippen molar-refractivity contribution in [2.75, 3.05) is 24.6 Å². The summed E-state index contributed by atoms with van der Waals surface area (Å²) in [6.07, 6.45) is 1.80. The highest BCUT2D eigenvalue weighted by Crippen LogP contribution is 2.16. The Morgan fingerprint density at radius 2 is 2.20 bits per heavy atom. The third-order valence-electron chi connectivity index (χ3n) is 2.75. The highest BCUT2D eigenvalue weighted by Gasteiger charge is 2.29. The van der Waals surface area contributed by atoms with Crippen LogP contribution in [-0.2, 0) is 14.6 Å². The Kier molecular flexibility index (Phi) is 4.10. The molecule has 0 aromatic heterocycles. The zero-order chi connectivity index (χ0) is 11.5. The lowest BCUT2D eigenvalue weighted by Crippen LogP contribution is -2.42. The van der Waals surface area contributed by atoms with E-state index in [1.807, 2.05) is 0 Å². The second kappa shape index (κ2) is 4.94. The molecule has 0 spiro atoms. The van der Waals surface area contributed by atoms with E-state index in [2.05, 4.69) is 0 Å². The number of likely N-dealkylation sites (tertiary alicyclic amines) is 1. The van der Waals surface area contributed by atoms with Gasteiger partial charge in [-0.3, -0.25) is 4.79 Å². The summed E-state index contributed by atoms with van der Waals surface area (Å²) in [5, 5.41) is 0.